The molecular formula is C22H22N4O2. The highest BCUT2D eigenvalue weighted by atomic mass is 16.7. The van der Waals surface area contributed by atoms with E-state index in [-0.39, 0.29) is 6.79 Å². The largest absolute Gasteiger partial charge is 0.454 e. The molecule has 0 radical (unpaired) electrons. The molecule has 0 aliphatic carbocycles. The van der Waals surface area contributed by atoms with Gasteiger partial charge in [-0.05, 0) is 43.2 Å². The number of nitrogens with zero attached hydrogens (tertiary/aromatic N) is 4. The van der Waals surface area contributed by atoms with Crippen LogP contribution in [0, 0.1) is 0 Å². The first-order valence-corrected chi connectivity index (χ1v) is 9.51. The number of aromatic nitrogens is 2. The third kappa shape index (κ3) is 2.81. The van der Waals surface area contributed by atoms with Gasteiger partial charge in [0.2, 0.25) is 6.79 Å². The van der Waals surface area contributed by atoms with Crippen LogP contribution < -0.4 is 19.3 Å². The van der Waals surface area contributed by atoms with Crippen molar-refractivity contribution < 1.29 is 9.47 Å². The van der Waals surface area contributed by atoms with E-state index in [1.165, 1.54) is 5.56 Å². The summed E-state index contributed by atoms with van der Waals surface area (Å²) in [5.74, 6) is 4.16. The van der Waals surface area contributed by atoms with Gasteiger partial charge >= 0.3 is 0 Å². The Morgan fingerprint density at radius 2 is 1.79 bits per heavy atom. The normalized spacial score (nSPS) is 14.7. The van der Waals surface area contributed by atoms with Crippen molar-refractivity contribution in [3.05, 3.63) is 54.1 Å². The van der Waals surface area contributed by atoms with Crippen LogP contribution in [0.25, 0.3) is 11.4 Å². The summed E-state index contributed by atoms with van der Waals surface area (Å²) < 4.78 is 11.0. The minimum absolute atomic E-state index is 0.258. The number of fused-ring (bicyclic) bond motifs is 2. The van der Waals surface area contributed by atoms with Crippen LogP contribution in [0.15, 0.2) is 48.5 Å². The average Bonchev–Trinajstić information content (AvgIpc) is 3.21. The molecule has 2 aromatic carbocycles. The molecule has 0 unspecified atom stereocenters. The molecule has 0 fully saturated rings. The van der Waals surface area contributed by atoms with Gasteiger partial charge in [0.15, 0.2) is 17.3 Å². The van der Waals surface area contributed by atoms with Crippen molar-refractivity contribution >= 4 is 17.3 Å². The first kappa shape index (κ1) is 16.9. The van der Waals surface area contributed by atoms with E-state index < -0.39 is 0 Å². The van der Waals surface area contributed by atoms with E-state index in [1.54, 1.807) is 0 Å². The molecule has 0 saturated heterocycles. The Morgan fingerprint density at radius 3 is 2.61 bits per heavy atom. The monoisotopic (exact) mass is 374 g/mol. The fourth-order valence-electron chi connectivity index (χ4n) is 3.82. The molecule has 3 aromatic rings. The molecule has 2 aliphatic heterocycles. The van der Waals surface area contributed by atoms with Gasteiger partial charge in [-0.2, -0.15) is 0 Å². The number of anilines is 3. The summed E-state index contributed by atoms with van der Waals surface area (Å²) in [4.78, 5) is 14.3. The number of benzene rings is 2. The molecule has 6 nitrogen and oxygen atoms in total. The molecule has 3 heterocycles. The molecule has 2 aliphatic rings. The Hall–Kier alpha value is -3.28. The zero-order chi connectivity index (χ0) is 19.1. The highest BCUT2D eigenvalue weighted by Gasteiger charge is 2.26. The fraction of sp³-hybridized carbons (Fsp3) is 0.273. The van der Waals surface area contributed by atoms with Crippen LogP contribution in [0.4, 0.5) is 17.3 Å². The quantitative estimate of drug-likeness (QED) is 0.690. The number of rotatable bonds is 3. The summed E-state index contributed by atoms with van der Waals surface area (Å²) in [6.07, 6.45) is 2.06. The van der Waals surface area contributed by atoms with E-state index in [0.717, 1.165) is 53.8 Å². The molecule has 142 valence electrons. The molecule has 1 aromatic heterocycles. The van der Waals surface area contributed by atoms with Crippen LogP contribution in [-0.2, 0) is 6.42 Å². The Morgan fingerprint density at radius 1 is 0.964 bits per heavy atom. The average molecular weight is 374 g/mol. The third-order valence-corrected chi connectivity index (χ3v) is 5.15. The minimum Gasteiger partial charge on any atom is -0.454 e. The molecule has 0 N–H and O–H groups in total. The molecule has 0 bridgehead atoms. The van der Waals surface area contributed by atoms with Crippen molar-refractivity contribution in [2.45, 2.75) is 12.8 Å². The molecule has 6 heteroatoms. The van der Waals surface area contributed by atoms with E-state index in [1.807, 2.05) is 38.4 Å². The number of para-hydroxylation sites is 1. The van der Waals surface area contributed by atoms with Gasteiger partial charge in [0.05, 0.1) is 0 Å². The summed E-state index contributed by atoms with van der Waals surface area (Å²) in [6, 6.07) is 16.3. The predicted octanol–water partition coefficient (Wildman–Crippen LogP) is 4.02. The first-order chi connectivity index (χ1) is 13.7. The summed E-state index contributed by atoms with van der Waals surface area (Å²) in [5, 5.41) is 0. The molecule has 0 amide bonds. The van der Waals surface area contributed by atoms with Crippen LogP contribution in [-0.4, -0.2) is 37.4 Å². The van der Waals surface area contributed by atoms with Crippen molar-refractivity contribution in [1.29, 1.82) is 0 Å². The van der Waals surface area contributed by atoms with Gasteiger partial charge < -0.3 is 19.3 Å². The van der Waals surface area contributed by atoms with Crippen LogP contribution in [0.2, 0.25) is 0 Å². The fourth-order valence-corrected chi connectivity index (χ4v) is 3.82. The van der Waals surface area contributed by atoms with Crippen molar-refractivity contribution in [3.8, 4) is 22.9 Å². The second-order valence-electron chi connectivity index (χ2n) is 7.23. The highest BCUT2D eigenvalue weighted by molar-refractivity contribution is 5.73. The maximum atomic E-state index is 5.54. The van der Waals surface area contributed by atoms with E-state index in [2.05, 4.69) is 34.1 Å². The van der Waals surface area contributed by atoms with Crippen molar-refractivity contribution in [2.24, 2.45) is 0 Å². The second kappa shape index (κ2) is 6.71. The standard InChI is InChI=1S/C22H22N4O2/c1-25(2)21-17-9-6-12-26(16-7-4-3-5-8-16)22(17)24-20(23-21)15-10-11-18-19(13-15)28-14-27-18/h3-5,7-8,10-11,13H,6,9,12,14H2,1-2H3. The maximum absolute atomic E-state index is 5.54. The lowest BCUT2D eigenvalue weighted by Crippen LogP contribution is -2.28. The van der Waals surface area contributed by atoms with Gasteiger partial charge in [-0.25, -0.2) is 9.97 Å². The second-order valence-corrected chi connectivity index (χ2v) is 7.23. The minimum atomic E-state index is 0.258. The van der Waals surface area contributed by atoms with Crippen LogP contribution >= 0.6 is 0 Å². The predicted molar refractivity (Wildman–Crippen MR) is 110 cm³/mol. The summed E-state index contributed by atoms with van der Waals surface area (Å²) in [6.45, 7) is 1.20. The Bertz CT molecular complexity index is 1020. The lowest BCUT2D eigenvalue weighted by Gasteiger charge is -2.32. The van der Waals surface area contributed by atoms with E-state index in [0.29, 0.717) is 5.82 Å². The Labute approximate surface area is 164 Å². The smallest absolute Gasteiger partial charge is 0.231 e. The van der Waals surface area contributed by atoms with Gasteiger partial charge in [0.25, 0.3) is 0 Å². The van der Waals surface area contributed by atoms with Gasteiger partial charge in [0.1, 0.15) is 11.6 Å². The zero-order valence-corrected chi connectivity index (χ0v) is 16.1. The third-order valence-electron chi connectivity index (χ3n) is 5.15. The van der Waals surface area contributed by atoms with Gasteiger partial charge in [-0.15, -0.1) is 0 Å². The number of ether oxygens (including phenoxy) is 2. The zero-order valence-electron chi connectivity index (χ0n) is 16.1. The molecule has 0 atom stereocenters. The van der Waals surface area contributed by atoms with Gasteiger partial charge in [-0.1, -0.05) is 18.2 Å². The lowest BCUT2D eigenvalue weighted by molar-refractivity contribution is 0.174. The molecule has 0 saturated carbocycles. The highest BCUT2D eigenvalue weighted by Crippen LogP contribution is 2.39. The van der Waals surface area contributed by atoms with Crippen LogP contribution in [0.1, 0.15) is 12.0 Å². The summed E-state index contributed by atoms with van der Waals surface area (Å²) >= 11 is 0. The van der Waals surface area contributed by atoms with Crippen LogP contribution in [0.3, 0.4) is 0 Å². The van der Waals surface area contributed by atoms with Crippen molar-refractivity contribution in [1.82, 2.24) is 9.97 Å². The molecular weight excluding hydrogens is 352 g/mol. The Balaban J connectivity index is 1.67. The number of hydrogen-bond donors (Lipinski definition) is 0. The van der Waals surface area contributed by atoms with Gasteiger partial charge in [-0.3, -0.25) is 0 Å². The van der Waals surface area contributed by atoms with Gasteiger partial charge in [0, 0.05) is 37.5 Å². The first-order valence-electron chi connectivity index (χ1n) is 9.51. The molecule has 5 rings (SSSR count). The molecule has 0 spiro atoms. The lowest BCUT2D eigenvalue weighted by atomic mass is 10.0. The number of hydrogen-bond acceptors (Lipinski definition) is 6. The van der Waals surface area contributed by atoms with E-state index in [4.69, 9.17) is 19.4 Å². The van der Waals surface area contributed by atoms with E-state index in [9.17, 15) is 0 Å². The van der Waals surface area contributed by atoms with Crippen molar-refractivity contribution in [3.63, 3.8) is 0 Å². The van der Waals surface area contributed by atoms with Crippen molar-refractivity contribution in [2.75, 3.05) is 37.2 Å². The SMILES string of the molecule is CN(C)c1nc(-c2ccc3c(c2)OCO3)nc2c1CCCN2c1ccccc1. The van der Waals surface area contributed by atoms with Crippen LogP contribution in [0.5, 0.6) is 11.5 Å². The van der Waals surface area contributed by atoms with E-state index >= 15 is 0 Å². The Kier molecular flexibility index (Phi) is 4.04. The topological polar surface area (TPSA) is 50.7 Å². The summed E-state index contributed by atoms with van der Waals surface area (Å²) in [7, 11) is 4.07. The molecule has 28 heavy (non-hydrogen) atoms. The summed E-state index contributed by atoms with van der Waals surface area (Å²) in [5.41, 5.74) is 3.28. The maximum Gasteiger partial charge on any atom is 0.231 e.